The third-order valence-electron chi connectivity index (χ3n) is 5.10. The number of carbonyl (C=O) groups is 1. The molecule has 0 saturated carbocycles. The summed E-state index contributed by atoms with van der Waals surface area (Å²) in [4.78, 5) is 12.7. The van der Waals surface area contributed by atoms with Crippen LogP contribution in [-0.4, -0.2) is 18.9 Å². The van der Waals surface area contributed by atoms with Crippen molar-refractivity contribution in [2.45, 2.75) is 18.8 Å². The molecule has 34 heavy (non-hydrogen) atoms. The zero-order chi connectivity index (χ0) is 25.0. The highest BCUT2D eigenvalue weighted by atomic mass is 19.4. The Morgan fingerprint density at radius 2 is 1.76 bits per heavy atom. The average Bonchev–Trinajstić information content (AvgIpc) is 2.80. The van der Waals surface area contributed by atoms with E-state index in [0.29, 0.717) is 11.1 Å². The molecule has 0 aliphatic heterocycles. The first kappa shape index (κ1) is 24.8. The fourth-order valence-corrected chi connectivity index (χ4v) is 3.34. The number of nitrogen functional groups attached to an aromatic ring is 1. The Hall–Kier alpha value is -3.79. The molecule has 0 aliphatic carbocycles. The number of nitrogens with one attached hydrogen (secondary N) is 2. The predicted molar refractivity (Wildman–Crippen MR) is 116 cm³/mol. The molecule has 4 N–H and O–H groups in total. The molecule has 178 valence electrons. The summed E-state index contributed by atoms with van der Waals surface area (Å²) >= 11 is 0. The van der Waals surface area contributed by atoms with Gasteiger partial charge in [-0.3, -0.25) is 10.2 Å². The van der Waals surface area contributed by atoms with E-state index < -0.39 is 40.9 Å². The molecule has 3 aromatic carbocycles. The van der Waals surface area contributed by atoms with Crippen LogP contribution in [0.5, 0.6) is 0 Å². The van der Waals surface area contributed by atoms with Crippen molar-refractivity contribution in [2.75, 3.05) is 7.11 Å². The number of carbonyl (C=O) groups excluding carboxylic acids is 1. The van der Waals surface area contributed by atoms with E-state index >= 15 is 4.39 Å². The summed E-state index contributed by atoms with van der Waals surface area (Å²) in [6.07, 6.45) is -6.34. The van der Waals surface area contributed by atoms with Gasteiger partial charge in [0.25, 0.3) is 5.91 Å². The number of hydrogen-bond acceptors (Lipinski definition) is 3. The molecule has 1 unspecified atom stereocenters. The Bertz CT molecular complexity index is 1210. The van der Waals surface area contributed by atoms with Crippen molar-refractivity contribution in [1.29, 1.82) is 5.41 Å². The Morgan fingerprint density at radius 3 is 2.35 bits per heavy atom. The highest BCUT2D eigenvalue weighted by molar-refractivity contribution is 5.94. The van der Waals surface area contributed by atoms with E-state index in [4.69, 9.17) is 15.9 Å². The Balaban J connectivity index is 1.88. The van der Waals surface area contributed by atoms with Gasteiger partial charge in [-0.25, -0.2) is 8.78 Å². The minimum Gasteiger partial charge on any atom is -0.384 e. The molecule has 0 heterocycles. The largest absolute Gasteiger partial charge is 0.416 e. The smallest absolute Gasteiger partial charge is 0.384 e. The molecule has 10 heteroatoms. The molecule has 0 saturated heterocycles. The van der Waals surface area contributed by atoms with Crippen LogP contribution < -0.4 is 11.1 Å². The zero-order valence-corrected chi connectivity index (χ0v) is 17.8. The second-order valence-electron chi connectivity index (χ2n) is 7.35. The van der Waals surface area contributed by atoms with Gasteiger partial charge in [0.15, 0.2) is 6.10 Å². The zero-order valence-electron chi connectivity index (χ0n) is 17.8. The van der Waals surface area contributed by atoms with Crippen molar-refractivity contribution in [3.8, 4) is 11.1 Å². The van der Waals surface area contributed by atoms with Crippen LogP contribution in [0.1, 0.15) is 28.4 Å². The molecular formula is C24H20F5N3O2. The van der Waals surface area contributed by atoms with Crippen molar-refractivity contribution in [3.63, 3.8) is 0 Å². The van der Waals surface area contributed by atoms with Crippen LogP contribution in [0.15, 0.2) is 60.7 Å². The van der Waals surface area contributed by atoms with Crippen molar-refractivity contribution in [3.05, 3.63) is 94.6 Å². The number of amides is 1. The fourth-order valence-electron chi connectivity index (χ4n) is 3.34. The monoisotopic (exact) mass is 477 g/mol. The van der Waals surface area contributed by atoms with E-state index in [-0.39, 0.29) is 23.5 Å². The van der Waals surface area contributed by atoms with E-state index in [0.717, 1.165) is 37.4 Å². The minimum absolute atomic E-state index is 0.00651. The van der Waals surface area contributed by atoms with Crippen molar-refractivity contribution in [2.24, 2.45) is 5.73 Å². The van der Waals surface area contributed by atoms with Gasteiger partial charge >= 0.3 is 6.18 Å². The fraction of sp³-hybridized carbons (Fsp3) is 0.167. The summed E-state index contributed by atoms with van der Waals surface area (Å²) in [6, 6.07) is 12.2. The van der Waals surface area contributed by atoms with E-state index in [1.807, 2.05) is 0 Å². The number of ether oxygens (including phenoxy) is 1. The molecule has 1 amide bonds. The summed E-state index contributed by atoms with van der Waals surface area (Å²) in [5, 5.41) is 9.89. The number of rotatable bonds is 7. The SMILES string of the molecule is COC(C(=O)NCc1ccc(C(=N)N)cc1)c1c(F)ccc(-c2cccc(C(F)(F)F)c2)c1F. The number of nitrogens with two attached hydrogens (primary N) is 1. The molecule has 5 nitrogen and oxygen atoms in total. The van der Waals surface area contributed by atoms with Gasteiger partial charge in [0.2, 0.25) is 0 Å². The first-order chi connectivity index (χ1) is 16.0. The number of hydrogen-bond donors (Lipinski definition) is 3. The maximum Gasteiger partial charge on any atom is 0.416 e. The Labute approximate surface area is 191 Å². The number of amidine groups is 1. The average molecular weight is 477 g/mol. The molecular weight excluding hydrogens is 457 g/mol. The topological polar surface area (TPSA) is 88.2 Å². The van der Waals surface area contributed by atoms with Crippen molar-refractivity contribution < 1.29 is 31.5 Å². The highest BCUT2D eigenvalue weighted by Crippen LogP contribution is 2.35. The summed E-state index contributed by atoms with van der Waals surface area (Å²) < 4.78 is 74.1. The lowest BCUT2D eigenvalue weighted by molar-refractivity contribution is -0.137. The number of benzene rings is 3. The second-order valence-corrected chi connectivity index (χ2v) is 7.35. The van der Waals surface area contributed by atoms with E-state index in [1.165, 1.54) is 6.07 Å². The quantitative estimate of drug-likeness (QED) is 0.256. The van der Waals surface area contributed by atoms with E-state index in [9.17, 15) is 22.4 Å². The van der Waals surface area contributed by atoms with Crippen LogP contribution in [-0.2, 0) is 22.3 Å². The van der Waals surface area contributed by atoms with Crippen molar-refractivity contribution >= 4 is 11.7 Å². The normalized spacial score (nSPS) is 12.3. The molecule has 0 fully saturated rings. The lowest BCUT2D eigenvalue weighted by Crippen LogP contribution is -2.31. The first-order valence-corrected chi connectivity index (χ1v) is 9.92. The molecule has 0 radical (unpaired) electrons. The minimum atomic E-state index is -4.65. The number of methoxy groups -OCH3 is 1. The van der Waals surface area contributed by atoms with E-state index in [2.05, 4.69) is 5.32 Å². The second kappa shape index (κ2) is 10.0. The maximum absolute atomic E-state index is 15.3. The third-order valence-corrected chi connectivity index (χ3v) is 5.10. The van der Waals surface area contributed by atoms with Gasteiger partial charge < -0.3 is 15.8 Å². The van der Waals surface area contributed by atoms with Gasteiger partial charge in [0.1, 0.15) is 17.5 Å². The van der Waals surface area contributed by atoms with Gasteiger partial charge in [0.05, 0.1) is 11.1 Å². The highest BCUT2D eigenvalue weighted by Gasteiger charge is 2.32. The number of halogens is 5. The third kappa shape index (κ3) is 5.40. The van der Waals surface area contributed by atoms with Crippen molar-refractivity contribution in [1.82, 2.24) is 5.32 Å². The van der Waals surface area contributed by atoms with Gasteiger partial charge in [-0.1, -0.05) is 36.4 Å². The summed E-state index contributed by atoms with van der Waals surface area (Å²) in [6.45, 7) is -0.00651. The summed E-state index contributed by atoms with van der Waals surface area (Å²) in [7, 11) is 1.09. The molecule has 3 aromatic rings. The first-order valence-electron chi connectivity index (χ1n) is 9.92. The molecule has 0 aromatic heterocycles. The van der Waals surface area contributed by atoms with Gasteiger partial charge in [-0.05, 0) is 35.4 Å². The molecule has 3 rings (SSSR count). The Kier molecular flexibility index (Phi) is 7.31. The van der Waals surface area contributed by atoms with Gasteiger partial charge in [-0.15, -0.1) is 0 Å². The molecule has 1 atom stereocenters. The lowest BCUT2D eigenvalue weighted by atomic mass is 9.97. The molecule has 0 aliphatic rings. The van der Waals surface area contributed by atoms with Crippen LogP contribution >= 0.6 is 0 Å². The summed E-state index contributed by atoms with van der Waals surface area (Å²) in [5.74, 6) is -3.26. The van der Waals surface area contributed by atoms with E-state index in [1.54, 1.807) is 24.3 Å². The van der Waals surface area contributed by atoms with Crippen LogP contribution in [0.2, 0.25) is 0 Å². The maximum atomic E-state index is 15.3. The standard InChI is InChI=1S/C24H20F5N3O2/c1-34-21(23(33)32-12-13-5-7-14(8-6-13)22(30)31)19-18(25)10-9-17(20(19)26)15-3-2-4-16(11-15)24(27,28)29/h2-11,21H,12H2,1H3,(H3,30,31)(H,32,33). The number of alkyl halides is 3. The van der Waals surface area contributed by atoms with Gasteiger partial charge in [0, 0.05) is 24.8 Å². The molecule has 0 spiro atoms. The molecule has 0 bridgehead atoms. The van der Waals surface area contributed by atoms with Crippen LogP contribution in [0.4, 0.5) is 22.0 Å². The van der Waals surface area contributed by atoms with Crippen LogP contribution in [0.25, 0.3) is 11.1 Å². The lowest BCUT2D eigenvalue weighted by Gasteiger charge is -2.19. The predicted octanol–water partition coefficient (Wildman–Crippen LogP) is 4.94. The van der Waals surface area contributed by atoms with Crippen LogP contribution in [0.3, 0.4) is 0 Å². The van der Waals surface area contributed by atoms with Crippen LogP contribution in [0, 0.1) is 17.0 Å². The Morgan fingerprint density at radius 1 is 1.09 bits per heavy atom. The van der Waals surface area contributed by atoms with Gasteiger partial charge in [-0.2, -0.15) is 13.2 Å². The summed E-state index contributed by atoms with van der Waals surface area (Å²) in [5.41, 5.74) is 4.36.